The monoisotopic (exact) mass is 203 g/mol. The van der Waals surface area contributed by atoms with Gasteiger partial charge in [-0.25, -0.2) is 0 Å². The van der Waals surface area contributed by atoms with E-state index in [1.54, 1.807) is 0 Å². The molecule has 0 amide bonds. The van der Waals surface area contributed by atoms with Gasteiger partial charge in [0.25, 0.3) is 0 Å². The molecule has 47 valence electrons. The minimum atomic E-state index is 0. The molecular weight excluding hydrogens is 202 g/mol. The summed E-state index contributed by atoms with van der Waals surface area (Å²) in [6.45, 7) is 0. The standard InChI is InChI=1S/3ClH.Cu.H2O2/c;;;;1-2/h3*1H;;1-2H/q;;;+2;/p-2. The third kappa shape index (κ3) is 57.5. The molecule has 0 rings (SSSR count). The van der Waals surface area contributed by atoms with Crippen molar-refractivity contribution in [2.75, 3.05) is 0 Å². The van der Waals surface area contributed by atoms with E-state index in [1.807, 2.05) is 0 Å². The van der Waals surface area contributed by atoms with Crippen LogP contribution in [0.15, 0.2) is 0 Å². The second kappa shape index (κ2) is 33.3. The van der Waals surface area contributed by atoms with Crippen molar-refractivity contribution in [1.82, 2.24) is 0 Å². The van der Waals surface area contributed by atoms with E-state index in [0.29, 0.717) is 0 Å². The first-order valence-electron chi connectivity index (χ1n) is 0.428. The molecule has 0 aromatic carbocycles. The van der Waals surface area contributed by atoms with Crippen molar-refractivity contribution in [1.29, 1.82) is 0 Å². The predicted octanol–water partition coefficient (Wildman–Crippen LogP) is 1.82. The van der Waals surface area contributed by atoms with Crippen LogP contribution in [0.3, 0.4) is 0 Å². The third-order valence-corrected chi connectivity index (χ3v) is 0. The molecule has 6 heteroatoms. The molecule has 6 heavy (non-hydrogen) atoms. The van der Waals surface area contributed by atoms with Crippen LogP contribution in [0.5, 0.6) is 0 Å². The van der Waals surface area contributed by atoms with Gasteiger partial charge in [-0.3, -0.25) is 10.5 Å². The summed E-state index contributed by atoms with van der Waals surface area (Å²) < 4.78 is 0. The van der Waals surface area contributed by atoms with E-state index in [9.17, 15) is 0 Å². The average Bonchev–Trinajstić information content (AvgIpc) is 1.46. The summed E-state index contributed by atoms with van der Waals surface area (Å²) in [5, 5.41) is 12.0. The van der Waals surface area contributed by atoms with Gasteiger partial charge in [0.2, 0.25) is 0 Å². The third-order valence-electron chi connectivity index (χ3n) is 0. The summed E-state index contributed by atoms with van der Waals surface area (Å²) in [6, 6.07) is 0. The molecule has 2 N–H and O–H groups in total. The molecule has 0 fully saturated rings. The van der Waals surface area contributed by atoms with Crippen molar-refractivity contribution in [3.8, 4) is 0 Å². The van der Waals surface area contributed by atoms with E-state index in [-0.39, 0.29) is 12.4 Å². The van der Waals surface area contributed by atoms with Gasteiger partial charge >= 0.3 is 33.3 Å². The summed E-state index contributed by atoms with van der Waals surface area (Å²) in [4.78, 5) is 0. The van der Waals surface area contributed by atoms with Crippen molar-refractivity contribution in [2.45, 2.75) is 0 Å². The Bertz CT molecular complexity index is 8.75. The van der Waals surface area contributed by atoms with Gasteiger partial charge in [-0.15, -0.1) is 12.4 Å². The Morgan fingerprint density at radius 1 is 1.17 bits per heavy atom. The molecule has 0 aliphatic heterocycles. The zero-order valence-corrected chi connectivity index (χ0v) is 5.63. The molecule has 0 aromatic heterocycles. The molecule has 0 aromatic rings. The summed E-state index contributed by atoms with van der Waals surface area (Å²) in [7, 11) is 9.34. The van der Waals surface area contributed by atoms with Crippen LogP contribution in [-0.4, -0.2) is 10.5 Å². The SMILES string of the molecule is Cl.OO.[Cl][Cu][Cl]. The van der Waals surface area contributed by atoms with Gasteiger partial charge in [-0.05, 0) is 0 Å². The number of hydrogen-bond acceptors (Lipinski definition) is 2. The molecule has 0 spiro atoms. The second-order valence-corrected chi connectivity index (χ2v) is 1.60. The Kier molecular flexibility index (Phi) is 87.1. The van der Waals surface area contributed by atoms with Crippen LogP contribution in [0.4, 0.5) is 0 Å². The molecular formula is H3Cl3CuO2. The van der Waals surface area contributed by atoms with E-state index >= 15 is 0 Å². The van der Waals surface area contributed by atoms with Crippen molar-refractivity contribution < 1.29 is 23.6 Å². The number of rotatable bonds is 0. The fourth-order valence-corrected chi connectivity index (χ4v) is 0. The molecule has 0 atom stereocenters. The van der Waals surface area contributed by atoms with Gasteiger partial charge in [0.05, 0.1) is 0 Å². The van der Waals surface area contributed by atoms with Crippen LogP contribution >= 0.6 is 32.6 Å². The first-order chi connectivity index (χ1) is 2.41. The van der Waals surface area contributed by atoms with Crippen LogP contribution < -0.4 is 0 Å². The molecule has 0 aliphatic rings. The topological polar surface area (TPSA) is 40.5 Å². The fourth-order valence-electron chi connectivity index (χ4n) is 0. The van der Waals surface area contributed by atoms with Gasteiger partial charge in [-0.1, -0.05) is 0 Å². The van der Waals surface area contributed by atoms with Crippen molar-refractivity contribution in [3.63, 3.8) is 0 Å². The molecule has 0 unspecified atom stereocenters. The second-order valence-electron chi connectivity index (χ2n) is 0.0431. The molecule has 2 nitrogen and oxygen atoms in total. The summed E-state index contributed by atoms with van der Waals surface area (Å²) >= 11 is 0.757. The van der Waals surface area contributed by atoms with Crippen LogP contribution in [0.1, 0.15) is 0 Å². The van der Waals surface area contributed by atoms with E-state index in [0.717, 1.165) is 13.1 Å². The fraction of sp³-hybridized carbons (Fsp3) is 0. The molecule has 0 aliphatic carbocycles. The Morgan fingerprint density at radius 2 is 1.17 bits per heavy atom. The molecule has 0 bridgehead atoms. The minimum absolute atomic E-state index is 0. The first-order valence-corrected chi connectivity index (χ1v) is 3.02. The maximum absolute atomic E-state index is 6.00. The summed E-state index contributed by atoms with van der Waals surface area (Å²) in [6.07, 6.45) is 0. The van der Waals surface area contributed by atoms with Gasteiger partial charge in [0.15, 0.2) is 0 Å². The summed E-state index contributed by atoms with van der Waals surface area (Å²) in [5.74, 6) is 0. The van der Waals surface area contributed by atoms with Crippen LogP contribution in [-0.2, 0) is 13.1 Å². The normalized spacial score (nSPS) is 4.67. The van der Waals surface area contributed by atoms with Gasteiger partial charge < -0.3 is 0 Å². The van der Waals surface area contributed by atoms with Crippen molar-refractivity contribution in [2.24, 2.45) is 0 Å². The Hall–Kier alpha value is 1.31. The van der Waals surface area contributed by atoms with E-state index in [2.05, 4.69) is 20.2 Å². The van der Waals surface area contributed by atoms with Crippen molar-refractivity contribution in [3.05, 3.63) is 0 Å². The van der Waals surface area contributed by atoms with Gasteiger partial charge in [0.1, 0.15) is 0 Å². The molecule has 0 radical (unpaired) electrons. The van der Waals surface area contributed by atoms with Crippen LogP contribution in [0.25, 0.3) is 0 Å². The quantitative estimate of drug-likeness (QED) is 0.359. The van der Waals surface area contributed by atoms with Crippen molar-refractivity contribution >= 4 is 32.6 Å². The zero-order valence-electron chi connectivity index (χ0n) is 2.36. The molecule has 0 saturated heterocycles. The van der Waals surface area contributed by atoms with Crippen LogP contribution in [0.2, 0.25) is 0 Å². The van der Waals surface area contributed by atoms with Gasteiger partial charge in [-0.2, -0.15) is 0 Å². The maximum atomic E-state index is 6.00. The Labute approximate surface area is 56.4 Å². The summed E-state index contributed by atoms with van der Waals surface area (Å²) in [5.41, 5.74) is 0. The molecule has 0 heterocycles. The Balaban J connectivity index is -0.0000000275. The predicted molar refractivity (Wildman–Crippen MR) is 24.2 cm³/mol. The van der Waals surface area contributed by atoms with E-state index in [1.165, 1.54) is 0 Å². The van der Waals surface area contributed by atoms with Gasteiger partial charge in [0, 0.05) is 0 Å². The average molecular weight is 205 g/mol. The zero-order chi connectivity index (χ0) is 4.71. The molecule has 0 saturated carbocycles. The van der Waals surface area contributed by atoms with Crippen LogP contribution in [0, 0.1) is 0 Å². The number of halogens is 3. The number of hydrogen-bond donors (Lipinski definition) is 2. The van der Waals surface area contributed by atoms with E-state index < -0.39 is 0 Å². The Morgan fingerprint density at radius 3 is 1.17 bits per heavy atom. The first kappa shape index (κ1) is 15.7. The van der Waals surface area contributed by atoms with E-state index in [4.69, 9.17) is 10.5 Å².